The molecule has 1 aromatic carbocycles. The predicted octanol–water partition coefficient (Wildman–Crippen LogP) is 3.35. The number of nitrogens with one attached hydrogen (secondary N) is 1. The summed E-state index contributed by atoms with van der Waals surface area (Å²) in [6.07, 6.45) is 1.47. The molecule has 0 radical (unpaired) electrons. The van der Waals surface area contributed by atoms with Gasteiger partial charge in [0.1, 0.15) is 5.82 Å². The monoisotopic (exact) mass is 362 g/mol. The van der Waals surface area contributed by atoms with Crippen LogP contribution in [0.15, 0.2) is 30.5 Å². The Balaban J connectivity index is 2.26. The molecule has 0 saturated heterocycles. The van der Waals surface area contributed by atoms with Gasteiger partial charge in [-0.25, -0.2) is 4.39 Å². The van der Waals surface area contributed by atoms with Gasteiger partial charge in [0.05, 0.1) is 32.1 Å². The van der Waals surface area contributed by atoms with Crippen LogP contribution in [0, 0.1) is 5.82 Å². The highest BCUT2D eigenvalue weighted by Gasteiger charge is 2.18. The van der Waals surface area contributed by atoms with Gasteiger partial charge in [-0.3, -0.25) is 9.78 Å². The van der Waals surface area contributed by atoms with E-state index in [9.17, 15) is 9.18 Å². The molecule has 1 aromatic heterocycles. The van der Waals surface area contributed by atoms with Crippen LogP contribution < -0.4 is 19.5 Å². The van der Waals surface area contributed by atoms with Crippen molar-refractivity contribution in [3.63, 3.8) is 0 Å². The number of nitrogens with zero attached hydrogens (tertiary/aromatic N) is 1. The molecule has 0 bridgehead atoms. The first-order valence-electron chi connectivity index (χ1n) is 8.54. The van der Waals surface area contributed by atoms with Gasteiger partial charge < -0.3 is 19.5 Å². The third-order valence-corrected chi connectivity index (χ3v) is 3.42. The van der Waals surface area contributed by atoms with E-state index in [4.69, 9.17) is 14.2 Å². The van der Waals surface area contributed by atoms with Crippen LogP contribution in [-0.2, 0) is 6.54 Å². The summed E-state index contributed by atoms with van der Waals surface area (Å²) < 4.78 is 30.4. The third kappa shape index (κ3) is 4.84. The van der Waals surface area contributed by atoms with Crippen LogP contribution in [0.5, 0.6) is 17.2 Å². The van der Waals surface area contributed by atoms with E-state index in [2.05, 4.69) is 10.3 Å². The van der Waals surface area contributed by atoms with E-state index in [1.54, 1.807) is 12.1 Å². The number of hydrogen-bond donors (Lipinski definition) is 1. The molecule has 1 N–H and O–H groups in total. The van der Waals surface area contributed by atoms with E-state index in [1.165, 1.54) is 18.3 Å². The molecule has 1 amide bonds. The standard InChI is InChI=1S/C19H23FN2O4/c1-4-24-16-10-13(11-17(25-5-2)18(16)26-6-3)19(23)22-12-15-14(20)8-7-9-21-15/h7-11H,4-6,12H2,1-3H3,(H,22,23). The van der Waals surface area contributed by atoms with Crippen molar-refractivity contribution < 1.29 is 23.4 Å². The van der Waals surface area contributed by atoms with E-state index in [-0.39, 0.29) is 18.1 Å². The van der Waals surface area contributed by atoms with Crippen LogP contribution in [0.1, 0.15) is 36.8 Å². The van der Waals surface area contributed by atoms with Crippen LogP contribution >= 0.6 is 0 Å². The zero-order valence-corrected chi connectivity index (χ0v) is 15.2. The third-order valence-electron chi connectivity index (χ3n) is 3.42. The highest BCUT2D eigenvalue weighted by Crippen LogP contribution is 2.39. The van der Waals surface area contributed by atoms with Crippen molar-refractivity contribution in [3.05, 3.63) is 47.5 Å². The van der Waals surface area contributed by atoms with Crippen molar-refractivity contribution in [2.24, 2.45) is 0 Å². The number of carbonyl (C=O) groups is 1. The van der Waals surface area contributed by atoms with Crippen molar-refractivity contribution in [1.82, 2.24) is 10.3 Å². The average molecular weight is 362 g/mol. The number of halogens is 1. The molecule has 6 nitrogen and oxygen atoms in total. The van der Waals surface area contributed by atoms with Gasteiger partial charge in [0.2, 0.25) is 5.75 Å². The zero-order chi connectivity index (χ0) is 18.9. The molecule has 0 fully saturated rings. The molecule has 0 atom stereocenters. The summed E-state index contributed by atoms with van der Waals surface area (Å²) in [5.74, 6) is 0.456. The smallest absolute Gasteiger partial charge is 0.251 e. The lowest BCUT2D eigenvalue weighted by Gasteiger charge is -2.17. The second-order valence-corrected chi connectivity index (χ2v) is 5.22. The minimum atomic E-state index is -0.468. The fraction of sp³-hybridized carbons (Fsp3) is 0.368. The van der Waals surface area contributed by atoms with Crippen molar-refractivity contribution in [2.75, 3.05) is 19.8 Å². The first-order valence-corrected chi connectivity index (χ1v) is 8.54. The SMILES string of the molecule is CCOc1cc(C(=O)NCc2ncccc2F)cc(OCC)c1OCC. The van der Waals surface area contributed by atoms with Gasteiger partial charge in [-0.05, 0) is 45.0 Å². The topological polar surface area (TPSA) is 69.7 Å². The molecule has 0 unspecified atom stereocenters. The zero-order valence-electron chi connectivity index (χ0n) is 15.2. The van der Waals surface area contributed by atoms with E-state index >= 15 is 0 Å². The van der Waals surface area contributed by atoms with Crippen molar-refractivity contribution in [1.29, 1.82) is 0 Å². The van der Waals surface area contributed by atoms with Crippen molar-refractivity contribution >= 4 is 5.91 Å². The molecule has 26 heavy (non-hydrogen) atoms. The maximum absolute atomic E-state index is 13.6. The van der Waals surface area contributed by atoms with Crippen LogP contribution in [0.2, 0.25) is 0 Å². The second-order valence-electron chi connectivity index (χ2n) is 5.22. The van der Waals surface area contributed by atoms with Crippen LogP contribution in [0.3, 0.4) is 0 Å². The molecule has 0 aliphatic carbocycles. The number of carbonyl (C=O) groups excluding carboxylic acids is 1. The Morgan fingerprint density at radius 2 is 1.69 bits per heavy atom. The summed E-state index contributed by atoms with van der Waals surface area (Å²) in [6, 6.07) is 5.96. The van der Waals surface area contributed by atoms with Gasteiger partial charge in [-0.1, -0.05) is 0 Å². The number of amides is 1. The number of benzene rings is 1. The van der Waals surface area contributed by atoms with Crippen molar-refractivity contribution in [3.8, 4) is 17.2 Å². The maximum Gasteiger partial charge on any atom is 0.251 e. The molecule has 1 heterocycles. The number of pyridine rings is 1. The first-order chi connectivity index (χ1) is 12.6. The van der Waals surface area contributed by atoms with Gasteiger partial charge >= 0.3 is 0 Å². The van der Waals surface area contributed by atoms with E-state index in [0.717, 1.165) is 0 Å². The Morgan fingerprint density at radius 3 is 2.23 bits per heavy atom. The molecule has 0 aliphatic heterocycles. The molecule has 7 heteroatoms. The molecule has 2 aromatic rings. The molecular weight excluding hydrogens is 339 g/mol. The number of rotatable bonds is 9. The summed E-state index contributed by atoms with van der Waals surface area (Å²) in [6.45, 7) is 6.77. The Hall–Kier alpha value is -2.83. The molecular formula is C19H23FN2O4. The van der Waals surface area contributed by atoms with Crippen LogP contribution in [0.4, 0.5) is 4.39 Å². The lowest BCUT2D eigenvalue weighted by molar-refractivity contribution is 0.0949. The number of ether oxygens (including phenoxy) is 3. The fourth-order valence-corrected chi connectivity index (χ4v) is 2.33. The Kier molecular flexibility index (Phi) is 7.20. The number of hydrogen-bond acceptors (Lipinski definition) is 5. The normalized spacial score (nSPS) is 10.3. The lowest BCUT2D eigenvalue weighted by atomic mass is 10.1. The highest BCUT2D eigenvalue weighted by atomic mass is 19.1. The Bertz CT molecular complexity index is 725. The van der Waals surface area contributed by atoms with Gasteiger partial charge in [0.15, 0.2) is 11.5 Å². The van der Waals surface area contributed by atoms with Gasteiger partial charge in [0.25, 0.3) is 5.91 Å². The fourth-order valence-electron chi connectivity index (χ4n) is 2.33. The highest BCUT2D eigenvalue weighted by molar-refractivity contribution is 5.95. The minimum Gasteiger partial charge on any atom is -0.490 e. The van der Waals surface area contributed by atoms with Crippen LogP contribution in [0.25, 0.3) is 0 Å². The quantitative estimate of drug-likeness (QED) is 0.741. The summed E-state index contributed by atoms with van der Waals surface area (Å²) in [4.78, 5) is 16.4. The molecule has 0 saturated carbocycles. The summed E-state index contributed by atoms with van der Waals surface area (Å²) >= 11 is 0. The summed E-state index contributed by atoms with van der Waals surface area (Å²) in [5, 5.41) is 2.65. The lowest BCUT2D eigenvalue weighted by Crippen LogP contribution is -2.24. The molecule has 140 valence electrons. The Morgan fingerprint density at radius 1 is 1.08 bits per heavy atom. The van der Waals surface area contributed by atoms with Crippen molar-refractivity contribution in [2.45, 2.75) is 27.3 Å². The van der Waals surface area contributed by atoms with Gasteiger partial charge in [-0.15, -0.1) is 0 Å². The number of aromatic nitrogens is 1. The molecule has 0 spiro atoms. The van der Waals surface area contributed by atoms with E-state index < -0.39 is 5.82 Å². The van der Waals surface area contributed by atoms with Crippen LogP contribution in [-0.4, -0.2) is 30.7 Å². The minimum absolute atomic E-state index is 0.0212. The summed E-state index contributed by atoms with van der Waals surface area (Å²) in [5.41, 5.74) is 0.499. The predicted molar refractivity (Wildman–Crippen MR) is 95.3 cm³/mol. The first kappa shape index (κ1) is 19.5. The largest absolute Gasteiger partial charge is 0.490 e. The van der Waals surface area contributed by atoms with E-state index in [1.807, 2.05) is 20.8 Å². The van der Waals surface area contributed by atoms with E-state index in [0.29, 0.717) is 42.6 Å². The average Bonchev–Trinajstić information content (AvgIpc) is 2.63. The van der Waals surface area contributed by atoms with Gasteiger partial charge in [-0.2, -0.15) is 0 Å². The summed E-state index contributed by atoms with van der Waals surface area (Å²) in [7, 11) is 0. The second kappa shape index (κ2) is 9.60. The Labute approximate surface area is 152 Å². The molecule has 0 aliphatic rings. The van der Waals surface area contributed by atoms with Gasteiger partial charge in [0, 0.05) is 11.8 Å². The maximum atomic E-state index is 13.6. The molecule has 2 rings (SSSR count).